The van der Waals surface area contributed by atoms with Crippen LogP contribution in [-0.2, 0) is 0 Å². The fourth-order valence-corrected chi connectivity index (χ4v) is 4.68. The van der Waals surface area contributed by atoms with E-state index < -0.39 is 0 Å². The zero-order valence-electron chi connectivity index (χ0n) is 15.0. The van der Waals surface area contributed by atoms with Crippen LogP contribution in [0.1, 0.15) is 0 Å². The fraction of sp³-hybridized carbons (Fsp3) is 0. The summed E-state index contributed by atoms with van der Waals surface area (Å²) in [5.74, 6) is 0. The number of hydrogen-bond donors (Lipinski definition) is 1. The third-order valence-electron chi connectivity index (χ3n) is 5.98. The normalized spacial score (nSPS) is 12.3. The molecule has 0 bridgehead atoms. The van der Waals surface area contributed by atoms with Crippen molar-refractivity contribution in [3.05, 3.63) is 84.9 Å². The Bertz CT molecular complexity index is 1720. The topological polar surface area (TPSA) is 28.9 Å². The van der Waals surface area contributed by atoms with Gasteiger partial charge in [-0.2, -0.15) is 0 Å². The lowest BCUT2D eigenvalue weighted by Crippen LogP contribution is -1.74. The van der Waals surface area contributed by atoms with Crippen molar-refractivity contribution < 1.29 is 4.42 Å². The summed E-state index contributed by atoms with van der Waals surface area (Å²) in [4.78, 5) is 3.67. The maximum atomic E-state index is 6.26. The number of hydrogen-bond acceptors (Lipinski definition) is 1. The highest BCUT2D eigenvalue weighted by atomic mass is 16.3. The van der Waals surface area contributed by atoms with Crippen LogP contribution in [-0.4, -0.2) is 4.98 Å². The Balaban J connectivity index is 1.69. The van der Waals surface area contributed by atoms with Crippen LogP contribution in [0.25, 0.3) is 65.3 Å². The minimum Gasteiger partial charge on any atom is -0.456 e. The standard InChI is InChI=1S/C26H15NO/c1-3-7-17-15(5-1)10-12-23-25(17)21-13-22-20(14-24(21)28-23)19-11-9-16-6-2-4-8-18(16)26(19)27-22/h1-14,27H. The van der Waals surface area contributed by atoms with Crippen LogP contribution >= 0.6 is 0 Å². The highest BCUT2D eigenvalue weighted by molar-refractivity contribution is 6.24. The van der Waals surface area contributed by atoms with Crippen LogP contribution in [0.15, 0.2) is 89.3 Å². The molecule has 0 unspecified atom stereocenters. The van der Waals surface area contributed by atoms with Crippen molar-refractivity contribution in [2.45, 2.75) is 0 Å². The summed E-state index contributed by atoms with van der Waals surface area (Å²) >= 11 is 0. The van der Waals surface area contributed by atoms with E-state index in [0.29, 0.717) is 0 Å². The number of nitrogens with one attached hydrogen (secondary N) is 1. The molecule has 0 spiro atoms. The minimum absolute atomic E-state index is 0.938. The summed E-state index contributed by atoms with van der Waals surface area (Å²) in [6.45, 7) is 0. The fourth-order valence-electron chi connectivity index (χ4n) is 4.68. The summed E-state index contributed by atoms with van der Waals surface area (Å²) in [7, 11) is 0. The van der Waals surface area contributed by atoms with Crippen LogP contribution in [0.4, 0.5) is 0 Å². The first-order valence-corrected chi connectivity index (χ1v) is 9.54. The molecule has 0 atom stereocenters. The molecule has 0 aliphatic rings. The first-order chi connectivity index (χ1) is 13.9. The first-order valence-electron chi connectivity index (χ1n) is 9.54. The molecular weight excluding hydrogens is 342 g/mol. The predicted molar refractivity (Wildman–Crippen MR) is 118 cm³/mol. The number of rotatable bonds is 0. The summed E-state index contributed by atoms with van der Waals surface area (Å²) in [5.41, 5.74) is 4.22. The monoisotopic (exact) mass is 357 g/mol. The van der Waals surface area contributed by atoms with E-state index in [4.69, 9.17) is 4.42 Å². The third kappa shape index (κ3) is 1.72. The zero-order valence-corrected chi connectivity index (χ0v) is 15.0. The van der Waals surface area contributed by atoms with E-state index in [2.05, 4.69) is 89.9 Å². The van der Waals surface area contributed by atoms with E-state index in [1.165, 1.54) is 43.2 Å². The molecule has 5 aromatic carbocycles. The van der Waals surface area contributed by atoms with Crippen molar-refractivity contribution in [1.82, 2.24) is 4.98 Å². The number of aromatic nitrogens is 1. The molecule has 0 saturated heterocycles. The van der Waals surface area contributed by atoms with Gasteiger partial charge in [0.05, 0.1) is 5.52 Å². The third-order valence-corrected chi connectivity index (χ3v) is 5.98. The molecule has 28 heavy (non-hydrogen) atoms. The number of furan rings is 1. The van der Waals surface area contributed by atoms with Gasteiger partial charge in [-0.15, -0.1) is 0 Å². The van der Waals surface area contributed by atoms with Crippen molar-refractivity contribution in [3.8, 4) is 0 Å². The maximum Gasteiger partial charge on any atom is 0.136 e. The smallest absolute Gasteiger partial charge is 0.136 e. The Labute approximate surface area is 160 Å². The quantitative estimate of drug-likeness (QED) is 0.299. The molecule has 130 valence electrons. The molecule has 0 aliphatic heterocycles. The first kappa shape index (κ1) is 14.3. The molecule has 7 rings (SSSR count). The summed E-state index contributed by atoms with van der Waals surface area (Å²) in [6, 6.07) is 30.1. The van der Waals surface area contributed by atoms with Gasteiger partial charge in [-0.3, -0.25) is 0 Å². The average molecular weight is 357 g/mol. The molecule has 0 saturated carbocycles. The average Bonchev–Trinajstić information content (AvgIpc) is 3.29. The van der Waals surface area contributed by atoms with Gasteiger partial charge in [0.1, 0.15) is 11.2 Å². The number of H-pyrrole nitrogens is 1. The van der Waals surface area contributed by atoms with Gasteiger partial charge in [0.25, 0.3) is 0 Å². The van der Waals surface area contributed by atoms with E-state index in [9.17, 15) is 0 Å². The minimum atomic E-state index is 0.938. The Morgan fingerprint density at radius 1 is 0.536 bits per heavy atom. The Hall–Kier alpha value is -3.78. The molecular formula is C26H15NO. The Morgan fingerprint density at radius 3 is 2.18 bits per heavy atom. The zero-order chi connectivity index (χ0) is 18.2. The van der Waals surface area contributed by atoms with Crippen LogP contribution in [0.2, 0.25) is 0 Å². The molecule has 2 nitrogen and oxygen atoms in total. The molecule has 2 aromatic heterocycles. The summed E-state index contributed by atoms with van der Waals surface area (Å²) < 4.78 is 6.26. The molecule has 1 N–H and O–H groups in total. The van der Waals surface area contributed by atoms with Crippen molar-refractivity contribution in [3.63, 3.8) is 0 Å². The predicted octanol–water partition coefficient (Wildman–Crippen LogP) is 7.53. The summed E-state index contributed by atoms with van der Waals surface area (Å²) in [6.07, 6.45) is 0. The van der Waals surface area contributed by atoms with Crippen molar-refractivity contribution in [2.24, 2.45) is 0 Å². The van der Waals surface area contributed by atoms with Crippen molar-refractivity contribution >= 4 is 65.3 Å². The van der Waals surface area contributed by atoms with E-state index in [-0.39, 0.29) is 0 Å². The van der Waals surface area contributed by atoms with E-state index >= 15 is 0 Å². The van der Waals surface area contributed by atoms with Crippen LogP contribution in [0.5, 0.6) is 0 Å². The molecule has 0 fully saturated rings. The van der Waals surface area contributed by atoms with Gasteiger partial charge in [0, 0.05) is 32.4 Å². The number of fused-ring (bicyclic) bond motifs is 10. The van der Waals surface area contributed by atoms with Crippen LogP contribution < -0.4 is 0 Å². The maximum absolute atomic E-state index is 6.26. The summed E-state index contributed by atoms with van der Waals surface area (Å²) in [5, 5.41) is 9.77. The second-order valence-electron chi connectivity index (χ2n) is 7.49. The molecule has 2 heterocycles. The Kier molecular flexibility index (Phi) is 2.52. The SMILES string of the molecule is c1ccc2c(c1)ccc1c3cc4oc5ccc6ccccc6c5c4cc3[nH]c21. The van der Waals surface area contributed by atoms with Gasteiger partial charge in [-0.1, -0.05) is 66.7 Å². The van der Waals surface area contributed by atoms with Gasteiger partial charge in [0.15, 0.2) is 0 Å². The van der Waals surface area contributed by atoms with Crippen molar-refractivity contribution in [2.75, 3.05) is 0 Å². The lowest BCUT2D eigenvalue weighted by Gasteiger charge is -1.98. The van der Waals surface area contributed by atoms with Gasteiger partial charge < -0.3 is 9.40 Å². The van der Waals surface area contributed by atoms with Crippen LogP contribution in [0, 0.1) is 0 Å². The van der Waals surface area contributed by atoms with Crippen LogP contribution in [0.3, 0.4) is 0 Å². The van der Waals surface area contributed by atoms with Gasteiger partial charge in [-0.25, -0.2) is 0 Å². The van der Waals surface area contributed by atoms with E-state index in [1.54, 1.807) is 0 Å². The molecule has 0 radical (unpaired) electrons. The highest BCUT2D eigenvalue weighted by Crippen LogP contribution is 2.39. The van der Waals surface area contributed by atoms with E-state index in [1.807, 2.05) is 0 Å². The highest BCUT2D eigenvalue weighted by Gasteiger charge is 2.14. The van der Waals surface area contributed by atoms with Gasteiger partial charge in [-0.05, 0) is 34.4 Å². The van der Waals surface area contributed by atoms with E-state index in [0.717, 1.165) is 22.1 Å². The van der Waals surface area contributed by atoms with Crippen molar-refractivity contribution in [1.29, 1.82) is 0 Å². The largest absolute Gasteiger partial charge is 0.456 e. The van der Waals surface area contributed by atoms with Gasteiger partial charge in [0.2, 0.25) is 0 Å². The molecule has 0 aliphatic carbocycles. The second kappa shape index (κ2) is 4.93. The molecule has 2 heteroatoms. The number of aromatic amines is 1. The molecule has 7 aromatic rings. The lowest BCUT2D eigenvalue weighted by atomic mass is 10.0. The Morgan fingerprint density at radius 2 is 1.29 bits per heavy atom. The second-order valence-corrected chi connectivity index (χ2v) is 7.49. The van der Waals surface area contributed by atoms with Gasteiger partial charge >= 0.3 is 0 Å². The molecule has 0 amide bonds. The lowest BCUT2D eigenvalue weighted by molar-refractivity contribution is 0.670. The number of benzene rings is 5.